The minimum Gasteiger partial charge on any atom is -0.480 e. The Balaban J connectivity index is 0. The Kier molecular flexibility index (Phi) is 7.54. The van der Waals surface area contributed by atoms with Crippen LogP contribution in [0, 0.1) is 5.92 Å². The smallest absolute Gasteiger partial charge is 0.320 e. The van der Waals surface area contributed by atoms with E-state index in [4.69, 9.17) is 16.6 Å². The van der Waals surface area contributed by atoms with Crippen molar-refractivity contribution < 1.29 is 14.7 Å². The summed E-state index contributed by atoms with van der Waals surface area (Å²) in [4.78, 5) is 20.1. The summed E-state index contributed by atoms with van der Waals surface area (Å²) in [6, 6.07) is -1.19. The van der Waals surface area contributed by atoms with Crippen molar-refractivity contribution in [3.8, 4) is 0 Å². The number of urea groups is 1. The lowest BCUT2D eigenvalue weighted by molar-refractivity contribution is -0.139. The van der Waals surface area contributed by atoms with Crippen LogP contribution in [0.1, 0.15) is 34.6 Å². The number of hydrogen-bond acceptors (Lipinski definition) is 3. The predicted octanol–water partition coefficient (Wildman–Crippen LogP) is 0.508. The van der Waals surface area contributed by atoms with Gasteiger partial charge < -0.3 is 21.9 Å². The number of primary amides is 1. The van der Waals surface area contributed by atoms with Gasteiger partial charge >= 0.3 is 12.0 Å². The molecule has 0 aliphatic heterocycles. The molecule has 6 N–H and O–H groups in total. The molecule has 0 fully saturated rings. The Labute approximate surface area is 96.4 Å². The number of amides is 2. The molecule has 0 aliphatic carbocycles. The third-order valence-corrected chi connectivity index (χ3v) is 1.50. The maximum atomic E-state index is 10.1. The van der Waals surface area contributed by atoms with Crippen molar-refractivity contribution in [3.63, 3.8) is 0 Å². The van der Waals surface area contributed by atoms with Crippen LogP contribution in [0.2, 0.25) is 0 Å². The molecule has 16 heavy (non-hydrogen) atoms. The fourth-order valence-electron chi connectivity index (χ4n) is 0.655. The lowest BCUT2D eigenvalue weighted by atomic mass is 10.1. The molecular weight excluding hydrogens is 210 g/mol. The van der Waals surface area contributed by atoms with Crippen molar-refractivity contribution >= 4 is 12.0 Å². The van der Waals surface area contributed by atoms with Crippen LogP contribution >= 0.6 is 0 Å². The Morgan fingerprint density at radius 1 is 1.25 bits per heavy atom. The molecule has 0 aliphatic rings. The molecule has 0 saturated carbocycles. The first-order valence-corrected chi connectivity index (χ1v) is 5.03. The topological polar surface area (TPSA) is 118 Å². The molecule has 0 aromatic rings. The summed E-state index contributed by atoms with van der Waals surface area (Å²) in [6.07, 6.45) is 0. The van der Waals surface area contributed by atoms with Crippen molar-refractivity contribution in [1.29, 1.82) is 0 Å². The molecular formula is C10H23N3O3. The maximum Gasteiger partial charge on any atom is 0.320 e. The van der Waals surface area contributed by atoms with Gasteiger partial charge in [0, 0.05) is 5.54 Å². The van der Waals surface area contributed by atoms with E-state index in [1.807, 2.05) is 20.8 Å². The minimum absolute atomic E-state index is 0.0208. The lowest BCUT2D eigenvalue weighted by Gasteiger charge is -2.17. The molecule has 0 bridgehead atoms. The highest BCUT2D eigenvalue weighted by Gasteiger charge is 2.14. The van der Waals surface area contributed by atoms with Gasteiger partial charge in [-0.25, -0.2) is 4.79 Å². The number of carboxylic acid groups (broad SMARTS) is 1. The van der Waals surface area contributed by atoms with Gasteiger partial charge in [-0.1, -0.05) is 13.8 Å². The van der Waals surface area contributed by atoms with E-state index in [1.165, 1.54) is 0 Å². The third kappa shape index (κ3) is 12.7. The molecule has 0 radical (unpaired) electrons. The third-order valence-electron chi connectivity index (χ3n) is 1.50. The lowest BCUT2D eigenvalue weighted by Crippen LogP contribution is -2.43. The summed E-state index contributed by atoms with van der Waals surface area (Å²) in [7, 11) is 0. The Hall–Kier alpha value is -1.30. The minimum atomic E-state index is -0.931. The number of rotatable bonds is 2. The fraction of sp³-hybridized carbons (Fsp3) is 0.800. The van der Waals surface area contributed by atoms with Crippen LogP contribution in [0.15, 0.2) is 0 Å². The Morgan fingerprint density at radius 3 is 1.62 bits per heavy atom. The first-order valence-electron chi connectivity index (χ1n) is 5.03. The second-order valence-corrected chi connectivity index (χ2v) is 4.85. The van der Waals surface area contributed by atoms with Crippen molar-refractivity contribution in [1.82, 2.24) is 5.32 Å². The van der Waals surface area contributed by atoms with E-state index in [1.54, 1.807) is 13.8 Å². The average molecular weight is 233 g/mol. The quantitative estimate of drug-likeness (QED) is 0.555. The van der Waals surface area contributed by atoms with E-state index >= 15 is 0 Å². The van der Waals surface area contributed by atoms with Crippen molar-refractivity contribution in [2.45, 2.75) is 46.2 Å². The number of carbonyl (C=O) groups is 2. The first kappa shape index (κ1) is 17.1. The zero-order valence-electron chi connectivity index (χ0n) is 10.6. The van der Waals surface area contributed by atoms with Gasteiger partial charge in [0.2, 0.25) is 0 Å². The van der Waals surface area contributed by atoms with Gasteiger partial charge in [0.1, 0.15) is 6.04 Å². The highest BCUT2D eigenvalue weighted by molar-refractivity contribution is 5.73. The summed E-state index contributed by atoms with van der Waals surface area (Å²) < 4.78 is 0. The average Bonchev–Trinajstić information content (AvgIpc) is 1.98. The molecule has 6 heteroatoms. The molecule has 96 valence electrons. The summed E-state index contributed by atoms with van der Waals surface area (Å²) in [5, 5.41) is 10.7. The monoisotopic (exact) mass is 233 g/mol. The summed E-state index contributed by atoms with van der Waals surface area (Å²) >= 11 is 0. The van der Waals surface area contributed by atoms with Crippen LogP contribution in [-0.2, 0) is 4.79 Å². The summed E-state index contributed by atoms with van der Waals surface area (Å²) in [5.74, 6) is -0.910. The van der Waals surface area contributed by atoms with E-state index in [-0.39, 0.29) is 11.5 Å². The standard InChI is InChI=1S/C5H12N2O.C5H11NO2/c1-5(2,3)7-4(6)8;1-3(2)4(6)5(7)8/h1-3H3,(H3,6,7,8);3-4H,6H2,1-2H3,(H,7,8)/t;4-/m.0/s1. The molecule has 6 nitrogen and oxygen atoms in total. The van der Waals surface area contributed by atoms with Gasteiger partial charge in [-0.2, -0.15) is 0 Å². The van der Waals surface area contributed by atoms with Crippen LogP contribution in [-0.4, -0.2) is 28.7 Å². The van der Waals surface area contributed by atoms with Gasteiger partial charge in [0.15, 0.2) is 0 Å². The number of hydrogen-bond donors (Lipinski definition) is 4. The van der Waals surface area contributed by atoms with E-state index < -0.39 is 18.0 Å². The summed E-state index contributed by atoms with van der Waals surface area (Å²) in [5.41, 5.74) is 9.79. The van der Waals surface area contributed by atoms with Crippen LogP contribution in [0.25, 0.3) is 0 Å². The number of carboxylic acids is 1. The number of aliphatic carboxylic acids is 1. The fourth-order valence-corrected chi connectivity index (χ4v) is 0.655. The van der Waals surface area contributed by atoms with Gasteiger partial charge in [0.25, 0.3) is 0 Å². The molecule has 0 aromatic heterocycles. The molecule has 0 spiro atoms. The molecule has 0 unspecified atom stereocenters. The van der Waals surface area contributed by atoms with E-state index in [0.717, 1.165) is 0 Å². The zero-order chi connectivity index (χ0) is 13.5. The highest BCUT2D eigenvalue weighted by Crippen LogP contribution is 1.96. The Bertz CT molecular complexity index is 234. The highest BCUT2D eigenvalue weighted by atomic mass is 16.4. The molecule has 0 saturated heterocycles. The first-order chi connectivity index (χ1) is 6.97. The number of carbonyl (C=O) groups excluding carboxylic acids is 1. The van der Waals surface area contributed by atoms with Crippen LogP contribution in [0.4, 0.5) is 4.79 Å². The SMILES string of the molecule is CC(C)(C)NC(N)=O.CC(C)[C@H](N)C(=O)O. The normalized spacial score (nSPS) is 12.4. The van der Waals surface area contributed by atoms with E-state index in [2.05, 4.69) is 5.32 Å². The number of nitrogens with one attached hydrogen (secondary N) is 1. The van der Waals surface area contributed by atoms with Gasteiger partial charge in [-0.3, -0.25) is 4.79 Å². The Morgan fingerprint density at radius 2 is 1.62 bits per heavy atom. The van der Waals surface area contributed by atoms with Crippen LogP contribution in [0.3, 0.4) is 0 Å². The summed E-state index contributed by atoms with van der Waals surface area (Å²) in [6.45, 7) is 9.17. The van der Waals surface area contributed by atoms with Crippen molar-refractivity contribution in [3.05, 3.63) is 0 Å². The van der Waals surface area contributed by atoms with Crippen LogP contribution in [0.5, 0.6) is 0 Å². The van der Waals surface area contributed by atoms with Crippen LogP contribution < -0.4 is 16.8 Å². The van der Waals surface area contributed by atoms with Crippen molar-refractivity contribution in [2.75, 3.05) is 0 Å². The van der Waals surface area contributed by atoms with Gasteiger partial charge in [-0.05, 0) is 26.7 Å². The zero-order valence-corrected chi connectivity index (χ0v) is 10.6. The number of nitrogens with two attached hydrogens (primary N) is 2. The molecule has 0 aromatic carbocycles. The molecule has 0 heterocycles. The van der Waals surface area contributed by atoms with E-state index in [0.29, 0.717) is 0 Å². The molecule has 2 amide bonds. The predicted molar refractivity (Wildman–Crippen MR) is 62.9 cm³/mol. The van der Waals surface area contributed by atoms with Gasteiger partial charge in [-0.15, -0.1) is 0 Å². The second kappa shape index (κ2) is 7.05. The van der Waals surface area contributed by atoms with Gasteiger partial charge in [0.05, 0.1) is 0 Å². The van der Waals surface area contributed by atoms with Crippen molar-refractivity contribution in [2.24, 2.45) is 17.4 Å². The largest absolute Gasteiger partial charge is 0.480 e. The molecule has 0 rings (SSSR count). The molecule has 1 atom stereocenters. The van der Waals surface area contributed by atoms with E-state index in [9.17, 15) is 9.59 Å². The maximum absolute atomic E-state index is 10.1. The second-order valence-electron chi connectivity index (χ2n) is 4.85.